The Hall–Kier alpha value is -1.64. The van der Waals surface area contributed by atoms with Crippen LogP contribution in [-0.4, -0.2) is 16.1 Å². The minimum Gasteiger partial charge on any atom is -0.317 e. The number of fused-ring (bicyclic) bond motifs is 1. The lowest BCUT2D eigenvalue weighted by Crippen LogP contribution is -2.22. The smallest absolute Gasteiger partial charge is 0.138 e. The third kappa shape index (κ3) is 2.45. The Bertz CT molecular complexity index is 596. The average Bonchev–Trinajstić information content (AvgIpc) is 2.40. The topological polar surface area (TPSA) is 30.2 Å². The van der Waals surface area contributed by atoms with E-state index < -0.39 is 0 Å². The molecule has 0 saturated heterocycles. The summed E-state index contributed by atoms with van der Waals surface area (Å²) >= 11 is 0. The standard InChI is InChI=1S/C15H21N3/c1-4-7-12-8-9-14-13(10-12)15(16-5-2)18(6-3)11-17-14/h8-11H,4-7H2,1-3H3. The number of aryl methyl sites for hydroxylation is 2. The molecule has 0 unspecified atom stereocenters. The molecule has 0 aliphatic heterocycles. The minimum absolute atomic E-state index is 0.803. The van der Waals surface area contributed by atoms with Crippen molar-refractivity contribution < 1.29 is 0 Å². The third-order valence-electron chi connectivity index (χ3n) is 3.10. The van der Waals surface area contributed by atoms with Gasteiger partial charge in [-0.1, -0.05) is 19.4 Å². The van der Waals surface area contributed by atoms with Crippen molar-refractivity contribution in [2.45, 2.75) is 40.2 Å². The van der Waals surface area contributed by atoms with Crippen LogP contribution in [0.5, 0.6) is 0 Å². The lowest BCUT2D eigenvalue weighted by molar-refractivity contribution is 0.695. The lowest BCUT2D eigenvalue weighted by Gasteiger charge is -2.08. The summed E-state index contributed by atoms with van der Waals surface area (Å²) in [7, 11) is 0. The highest BCUT2D eigenvalue weighted by atomic mass is 15.0. The van der Waals surface area contributed by atoms with Gasteiger partial charge in [-0.05, 0) is 38.0 Å². The van der Waals surface area contributed by atoms with Crippen molar-refractivity contribution in [3.05, 3.63) is 35.6 Å². The van der Waals surface area contributed by atoms with Crippen molar-refractivity contribution in [2.24, 2.45) is 4.99 Å². The van der Waals surface area contributed by atoms with E-state index in [0.29, 0.717) is 0 Å². The van der Waals surface area contributed by atoms with Crippen molar-refractivity contribution in [2.75, 3.05) is 6.54 Å². The van der Waals surface area contributed by atoms with E-state index in [9.17, 15) is 0 Å². The highest BCUT2D eigenvalue weighted by Crippen LogP contribution is 2.11. The molecule has 0 atom stereocenters. The quantitative estimate of drug-likeness (QED) is 0.812. The summed E-state index contributed by atoms with van der Waals surface area (Å²) in [5.41, 5.74) is 3.46. The van der Waals surface area contributed by atoms with Gasteiger partial charge in [-0.3, -0.25) is 4.99 Å². The van der Waals surface area contributed by atoms with Crippen molar-refractivity contribution in [3.63, 3.8) is 0 Å². The molecule has 0 aliphatic rings. The van der Waals surface area contributed by atoms with Gasteiger partial charge in [0, 0.05) is 18.5 Å². The van der Waals surface area contributed by atoms with Gasteiger partial charge in [-0.2, -0.15) is 0 Å². The summed E-state index contributed by atoms with van der Waals surface area (Å²) in [6, 6.07) is 6.52. The van der Waals surface area contributed by atoms with Crippen LogP contribution in [0.15, 0.2) is 29.5 Å². The maximum atomic E-state index is 4.63. The predicted molar refractivity (Wildman–Crippen MR) is 75.5 cm³/mol. The van der Waals surface area contributed by atoms with Gasteiger partial charge in [0.15, 0.2) is 0 Å². The van der Waals surface area contributed by atoms with Crippen LogP contribution in [0.3, 0.4) is 0 Å². The number of nitrogens with zero attached hydrogens (tertiary/aromatic N) is 3. The van der Waals surface area contributed by atoms with Gasteiger partial charge in [0.1, 0.15) is 5.49 Å². The highest BCUT2D eigenvalue weighted by Gasteiger charge is 2.02. The molecule has 0 aliphatic carbocycles. The predicted octanol–water partition coefficient (Wildman–Crippen LogP) is 2.93. The molecule has 0 amide bonds. The second kappa shape index (κ2) is 5.80. The van der Waals surface area contributed by atoms with Gasteiger partial charge in [-0.25, -0.2) is 4.98 Å². The van der Waals surface area contributed by atoms with Gasteiger partial charge < -0.3 is 4.57 Å². The first-order valence-electron chi connectivity index (χ1n) is 6.78. The molecule has 1 aromatic heterocycles. The van der Waals surface area contributed by atoms with E-state index in [2.05, 4.69) is 53.5 Å². The fraction of sp³-hybridized carbons (Fsp3) is 0.467. The molecule has 1 aromatic carbocycles. The zero-order chi connectivity index (χ0) is 13.0. The highest BCUT2D eigenvalue weighted by molar-refractivity contribution is 5.77. The average molecular weight is 243 g/mol. The molecule has 96 valence electrons. The normalized spacial score (nSPS) is 12.3. The second-order valence-electron chi connectivity index (χ2n) is 4.43. The zero-order valence-corrected chi connectivity index (χ0v) is 11.5. The van der Waals surface area contributed by atoms with E-state index in [4.69, 9.17) is 0 Å². The Morgan fingerprint density at radius 1 is 1.22 bits per heavy atom. The summed E-state index contributed by atoms with van der Waals surface area (Å²) in [6.45, 7) is 8.11. The zero-order valence-electron chi connectivity index (χ0n) is 11.5. The van der Waals surface area contributed by atoms with Crippen LogP contribution in [0.4, 0.5) is 0 Å². The summed E-state index contributed by atoms with van der Waals surface area (Å²) in [4.78, 5) is 9.13. The van der Waals surface area contributed by atoms with Crippen LogP contribution in [0, 0.1) is 0 Å². The van der Waals surface area contributed by atoms with E-state index in [-0.39, 0.29) is 0 Å². The first-order chi connectivity index (χ1) is 8.80. The largest absolute Gasteiger partial charge is 0.317 e. The maximum Gasteiger partial charge on any atom is 0.138 e. The second-order valence-corrected chi connectivity index (χ2v) is 4.43. The third-order valence-corrected chi connectivity index (χ3v) is 3.10. The fourth-order valence-electron chi connectivity index (χ4n) is 2.22. The Kier molecular flexibility index (Phi) is 4.13. The summed E-state index contributed by atoms with van der Waals surface area (Å²) in [5, 5.41) is 1.17. The number of hydrogen-bond acceptors (Lipinski definition) is 2. The number of hydrogen-bond donors (Lipinski definition) is 0. The van der Waals surface area contributed by atoms with Crippen LogP contribution in [0.25, 0.3) is 10.9 Å². The SMILES string of the molecule is CCCc1ccc2ncn(CC)c(=NCC)c2c1. The molecule has 0 fully saturated rings. The summed E-state index contributed by atoms with van der Waals surface area (Å²) in [5.74, 6) is 0. The van der Waals surface area contributed by atoms with Crippen LogP contribution < -0.4 is 5.49 Å². The van der Waals surface area contributed by atoms with Crippen molar-refractivity contribution >= 4 is 10.9 Å². The number of aromatic nitrogens is 2. The number of benzene rings is 1. The van der Waals surface area contributed by atoms with Crippen LogP contribution in [-0.2, 0) is 13.0 Å². The first kappa shape index (κ1) is 12.8. The molecule has 0 N–H and O–H groups in total. The lowest BCUT2D eigenvalue weighted by atomic mass is 10.1. The van der Waals surface area contributed by atoms with Crippen LogP contribution >= 0.6 is 0 Å². The van der Waals surface area contributed by atoms with Crippen molar-refractivity contribution in [3.8, 4) is 0 Å². The first-order valence-corrected chi connectivity index (χ1v) is 6.78. The molecule has 0 spiro atoms. The van der Waals surface area contributed by atoms with Gasteiger partial charge in [0.2, 0.25) is 0 Å². The molecule has 2 rings (SSSR count). The summed E-state index contributed by atoms with van der Waals surface area (Å²) < 4.78 is 2.11. The van der Waals surface area contributed by atoms with Crippen molar-refractivity contribution in [1.82, 2.24) is 9.55 Å². The molecule has 1 heterocycles. The van der Waals surface area contributed by atoms with E-state index in [1.165, 1.54) is 17.4 Å². The molecule has 0 saturated carbocycles. The van der Waals surface area contributed by atoms with E-state index in [0.717, 1.165) is 30.5 Å². The summed E-state index contributed by atoms with van der Waals surface area (Å²) in [6.07, 6.45) is 4.17. The molecule has 0 bridgehead atoms. The van der Waals surface area contributed by atoms with Gasteiger partial charge >= 0.3 is 0 Å². The number of rotatable bonds is 4. The van der Waals surface area contributed by atoms with E-state index >= 15 is 0 Å². The molecular formula is C15H21N3. The van der Waals surface area contributed by atoms with E-state index in [1.54, 1.807) is 0 Å². The Balaban J connectivity index is 2.72. The molecule has 2 aromatic rings. The Morgan fingerprint density at radius 3 is 2.72 bits per heavy atom. The van der Waals surface area contributed by atoms with E-state index in [1.807, 2.05) is 6.33 Å². The fourth-order valence-corrected chi connectivity index (χ4v) is 2.22. The molecule has 3 nitrogen and oxygen atoms in total. The molecule has 3 heteroatoms. The van der Waals surface area contributed by atoms with Gasteiger partial charge in [0.25, 0.3) is 0 Å². The Morgan fingerprint density at radius 2 is 2.06 bits per heavy atom. The minimum atomic E-state index is 0.803. The molecular weight excluding hydrogens is 222 g/mol. The van der Waals surface area contributed by atoms with Crippen LogP contribution in [0.1, 0.15) is 32.8 Å². The molecule has 0 radical (unpaired) electrons. The molecule has 18 heavy (non-hydrogen) atoms. The maximum absolute atomic E-state index is 4.63. The van der Waals surface area contributed by atoms with Gasteiger partial charge in [-0.15, -0.1) is 0 Å². The van der Waals surface area contributed by atoms with Gasteiger partial charge in [0.05, 0.1) is 11.8 Å². The van der Waals surface area contributed by atoms with Crippen LogP contribution in [0.2, 0.25) is 0 Å². The Labute approximate surface area is 108 Å². The van der Waals surface area contributed by atoms with Crippen molar-refractivity contribution in [1.29, 1.82) is 0 Å². The monoisotopic (exact) mass is 243 g/mol.